The normalized spacial score (nSPS) is 12.4. The summed E-state index contributed by atoms with van der Waals surface area (Å²) in [6, 6.07) is 0. The second-order valence-electron chi connectivity index (χ2n) is 5.21. The predicted octanol–water partition coefficient (Wildman–Crippen LogP) is 3.58. The fourth-order valence-electron chi connectivity index (χ4n) is 1.66. The minimum absolute atomic E-state index is 0.00132. The van der Waals surface area contributed by atoms with Crippen molar-refractivity contribution in [1.29, 1.82) is 0 Å². The lowest BCUT2D eigenvalue weighted by Crippen LogP contribution is -2.36. The van der Waals surface area contributed by atoms with E-state index < -0.39 is 0 Å². The van der Waals surface area contributed by atoms with E-state index >= 15 is 0 Å². The Balaban J connectivity index is 2.63. The van der Waals surface area contributed by atoms with Gasteiger partial charge in [-0.15, -0.1) is 11.3 Å². The van der Waals surface area contributed by atoms with Crippen molar-refractivity contribution in [3.63, 3.8) is 0 Å². The minimum Gasteiger partial charge on any atom is -0.307 e. The van der Waals surface area contributed by atoms with Gasteiger partial charge in [-0.05, 0) is 39.2 Å². The van der Waals surface area contributed by atoms with Crippen LogP contribution in [0.25, 0.3) is 0 Å². The van der Waals surface area contributed by atoms with Crippen LogP contribution in [0.4, 0.5) is 0 Å². The molecule has 0 radical (unpaired) electrons. The maximum atomic E-state index is 4.73. The SMILES string of the molecule is CCNC(C)(C)c1csc(CCC(C)C)n1. The lowest BCUT2D eigenvalue weighted by molar-refractivity contribution is 0.405. The second-order valence-corrected chi connectivity index (χ2v) is 6.16. The van der Waals surface area contributed by atoms with Crippen LogP contribution in [-0.4, -0.2) is 11.5 Å². The largest absolute Gasteiger partial charge is 0.307 e. The van der Waals surface area contributed by atoms with Crippen molar-refractivity contribution in [2.75, 3.05) is 6.54 Å². The molecule has 0 aromatic carbocycles. The van der Waals surface area contributed by atoms with E-state index in [1.807, 2.05) is 0 Å². The third-order valence-corrected chi connectivity index (χ3v) is 3.65. The average molecular weight is 240 g/mol. The summed E-state index contributed by atoms with van der Waals surface area (Å²) in [7, 11) is 0. The molecule has 1 aromatic heterocycles. The Morgan fingerprint density at radius 2 is 2.12 bits per heavy atom. The zero-order valence-electron chi connectivity index (χ0n) is 11.1. The van der Waals surface area contributed by atoms with Crippen molar-refractivity contribution in [2.45, 2.75) is 53.0 Å². The smallest absolute Gasteiger partial charge is 0.0929 e. The van der Waals surface area contributed by atoms with E-state index in [2.05, 4.69) is 45.3 Å². The summed E-state index contributed by atoms with van der Waals surface area (Å²) in [5.41, 5.74) is 1.18. The van der Waals surface area contributed by atoms with Gasteiger partial charge in [0.05, 0.1) is 16.2 Å². The monoisotopic (exact) mass is 240 g/mol. The van der Waals surface area contributed by atoms with Crippen molar-refractivity contribution in [2.24, 2.45) is 5.92 Å². The van der Waals surface area contributed by atoms with Crippen LogP contribution in [0.2, 0.25) is 0 Å². The molecule has 16 heavy (non-hydrogen) atoms. The van der Waals surface area contributed by atoms with E-state index in [1.165, 1.54) is 17.1 Å². The Morgan fingerprint density at radius 3 is 2.69 bits per heavy atom. The number of rotatable bonds is 6. The summed E-state index contributed by atoms with van der Waals surface area (Å²) < 4.78 is 0. The summed E-state index contributed by atoms with van der Waals surface area (Å²) in [6.07, 6.45) is 2.35. The second kappa shape index (κ2) is 5.78. The highest BCUT2D eigenvalue weighted by Crippen LogP contribution is 2.23. The third kappa shape index (κ3) is 3.87. The van der Waals surface area contributed by atoms with Gasteiger partial charge in [-0.2, -0.15) is 0 Å². The van der Waals surface area contributed by atoms with E-state index in [-0.39, 0.29) is 5.54 Å². The molecule has 0 bridgehead atoms. The fraction of sp³-hybridized carbons (Fsp3) is 0.769. The zero-order valence-corrected chi connectivity index (χ0v) is 11.9. The summed E-state index contributed by atoms with van der Waals surface area (Å²) >= 11 is 1.79. The number of aryl methyl sites for hydroxylation is 1. The average Bonchev–Trinajstić information content (AvgIpc) is 2.63. The molecule has 0 amide bonds. The van der Waals surface area contributed by atoms with Gasteiger partial charge < -0.3 is 5.32 Å². The molecule has 0 spiro atoms. The van der Waals surface area contributed by atoms with Gasteiger partial charge in [0.2, 0.25) is 0 Å². The van der Waals surface area contributed by atoms with Crippen LogP contribution in [0.5, 0.6) is 0 Å². The Bertz CT molecular complexity index is 315. The molecule has 1 rings (SSSR count). The topological polar surface area (TPSA) is 24.9 Å². The molecule has 1 N–H and O–H groups in total. The van der Waals surface area contributed by atoms with Gasteiger partial charge in [0.15, 0.2) is 0 Å². The molecule has 0 saturated heterocycles. The summed E-state index contributed by atoms with van der Waals surface area (Å²) in [5.74, 6) is 0.758. The molecule has 0 fully saturated rings. The molecular formula is C13H24N2S. The van der Waals surface area contributed by atoms with Crippen LogP contribution in [0.3, 0.4) is 0 Å². The number of nitrogens with one attached hydrogen (secondary N) is 1. The van der Waals surface area contributed by atoms with Crippen molar-refractivity contribution in [1.82, 2.24) is 10.3 Å². The summed E-state index contributed by atoms with van der Waals surface area (Å²) in [6.45, 7) is 12.0. The standard InChI is InChI=1S/C13H24N2S/c1-6-14-13(4,5)11-9-16-12(15-11)8-7-10(2)3/h9-10,14H,6-8H2,1-5H3. The highest BCUT2D eigenvalue weighted by Gasteiger charge is 2.21. The molecule has 0 unspecified atom stereocenters. The van der Waals surface area contributed by atoms with E-state index in [0.29, 0.717) is 0 Å². The number of hydrogen-bond acceptors (Lipinski definition) is 3. The van der Waals surface area contributed by atoms with E-state index in [0.717, 1.165) is 18.9 Å². The molecule has 0 aliphatic heterocycles. The molecule has 0 aliphatic rings. The van der Waals surface area contributed by atoms with Crippen LogP contribution in [0, 0.1) is 5.92 Å². The van der Waals surface area contributed by atoms with Gasteiger partial charge in [0, 0.05) is 5.38 Å². The van der Waals surface area contributed by atoms with Crippen LogP contribution >= 0.6 is 11.3 Å². The molecule has 3 heteroatoms. The van der Waals surface area contributed by atoms with Crippen LogP contribution in [-0.2, 0) is 12.0 Å². The fourth-order valence-corrected chi connectivity index (χ4v) is 2.64. The molecule has 0 saturated carbocycles. The highest BCUT2D eigenvalue weighted by molar-refractivity contribution is 7.09. The lowest BCUT2D eigenvalue weighted by atomic mass is 10.0. The van der Waals surface area contributed by atoms with Gasteiger partial charge >= 0.3 is 0 Å². The number of nitrogens with zero attached hydrogens (tertiary/aromatic N) is 1. The van der Waals surface area contributed by atoms with Crippen molar-refractivity contribution in [3.8, 4) is 0 Å². The van der Waals surface area contributed by atoms with E-state index in [4.69, 9.17) is 4.98 Å². The van der Waals surface area contributed by atoms with Crippen molar-refractivity contribution >= 4 is 11.3 Å². The Morgan fingerprint density at radius 1 is 1.44 bits per heavy atom. The first-order valence-electron chi connectivity index (χ1n) is 6.15. The zero-order chi connectivity index (χ0) is 12.2. The first kappa shape index (κ1) is 13.7. The Kier molecular flexibility index (Phi) is 4.93. The quantitative estimate of drug-likeness (QED) is 0.822. The lowest BCUT2D eigenvalue weighted by Gasteiger charge is -2.23. The van der Waals surface area contributed by atoms with E-state index in [1.54, 1.807) is 11.3 Å². The van der Waals surface area contributed by atoms with Crippen molar-refractivity contribution in [3.05, 3.63) is 16.1 Å². The minimum atomic E-state index is 0.00132. The van der Waals surface area contributed by atoms with Gasteiger partial charge in [-0.3, -0.25) is 0 Å². The van der Waals surface area contributed by atoms with Crippen LogP contribution in [0.1, 0.15) is 51.7 Å². The van der Waals surface area contributed by atoms with Gasteiger partial charge in [-0.1, -0.05) is 20.8 Å². The molecule has 0 atom stereocenters. The number of aromatic nitrogens is 1. The van der Waals surface area contributed by atoms with E-state index in [9.17, 15) is 0 Å². The molecular weight excluding hydrogens is 216 g/mol. The van der Waals surface area contributed by atoms with Gasteiger partial charge in [0.25, 0.3) is 0 Å². The highest BCUT2D eigenvalue weighted by atomic mass is 32.1. The first-order valence-corrected chi connectivity index (χ1v) is 7.03. The molecule has 92 valence electrons. The molecule has 2 nitrogen and oxygen atoms in total. The maximum absolute atomic E-state index is 4.73. The third-order valence-electron chi connectivity index (χ3n) is 2.75. The van der Waals surface area contributed by atoms with Crippen molar-refractivity contribution < 1.29 is 0 Å². The van der Waals surface area contributed by atoms with Crippen LogP contribution in [0.15, 0.2) is 5.38 Å². The number of thiazole rings is 1. The Labute approximate surface area is 103 Å². The van der Waals surface area contributed by atoms with Gasteiger partial charge in [-0.25, -0.2) is 4.98 Å². The van der Waals surface area contributed by atoms with Gasteiger partial charge in [0.1, 0.15) is 0 Å². The predicted molar refractivity (Wildman–Crippen MR) is 72.0 cm³/mol. The van der Waals surface area contributed by atoms with Crippen LogP contribution < -0.4 is 5.32 Å². The summed E-state index contributed by atoms with van der Waals surface area (Å²) in [5, 5.41) is 6.93. The number of hydrogen-bond donors (Lipinski definition) is 1. The summed E-state index contributed by atoms with van der Waals surface area (Å²) in [4.78, 5) is 4.73. The Hall–Kier alpha value is -0.410. The maximum Gasteiger partial charge on any atom is 0.0929 e. The first-order chi connectivity index (χ1) is 7.45. The molecule has 1 heterocycles. The molecule has 1 aromatic rings. The molecule has 0 aliphatic carbocycles.